The highest BCUT2D eigenvalue weighted by molar-refractivity contribution is 5.90. The molecule has 3 nitrogen and oxygen atoms in total. The maximum Gasteiger partial charge on any atom is 0.302 e. The average Bonchev–Trinajstić information content (AvgIpc) is 3.13. The summed E-state index contributed by atoms with van der Waals surface area (Å²) in [6.45, 7) is 15.2. The van der Waals surface area contributed by atoms with Gasteiger partial charge < -0.3 is 4.74 Å². The first-order valence-corrected chi connectivity index (χ1v) is 14.4. The van der Waals surface area contributed by atoms with Crippen LogP contribution in [0.25, 0.3) is 0 Å². The summed E-state index contributed by atoms with van der Waals surface area (Å²) in [6.07, 6.45) is 11.9. The summed E-state index contributed by atoms with van der Waals surface area (Å²) in [4.78, 5) is 25.0. The van der Waals surface area contributed by atoms with Crippen LogP contribution in [0.2, 0.25) is 0 Å². The van der Waals surface area contributed by atoms with Gasteiger partial charge in [0.15, 0.2) is 11.5 Å². The molecule has 35 heavy (non-hydrogen) atoms. The van der Waals surface area contributed by atoms with Gasteiger partial charge in [0, 0.05) is 25.2 Å². The summed E-state index contributed by atoms with van der Waals surface area (Å²) >= 11 is 0. The van der Waals surface area contributed by atoms with Gasteiger partial charge in [-0.3, -0.25) is 9.59 Å². The smallest absolute Gasteiger partial charge is 0.302 e. The summed E-state index contributed by atoms with van der Waals surface area (Å²) in [5, 5.41) is 0. The summed E-state index contributed by atoms with van der Waals surface area (Å²) < 4.78 is 22.0. The van der Waals surface area contributed by atoms with Crippen LogP contribution < -0.4 is 0 Å². The van der Waals surface area contributed by atoms with Gasteiger partial charge in [0.1, 0.15) is 6.10 Å². The molecule has 10 atom stereocenters. The van der Waals surface area contributed by atoms with Crippen LogP contribution in [-0.4, -0.2) is 23.5 Å². The molecule has 0 spiro atoms. The fourth-order valence-electron chi connectivity index (χ4n) is 9.48. The third kappa shape index (κ3) is 4.33. The van der Waals surface area contributed by atoms with Gasteiger partial charge in [0.05, 0.1) is 0 Å². The molecule has 4 rings (SSSR count). The van der Waals surface area contributed by atoms with Gasteiger partial charge in [0.25, 0.3) is 0 Å². The Kier molecular flexibility index (Phi) is 7.37. The maximum absolute atomic E-state index is 16.6. The zero-order valence-corrected chi connectivity index (χ0v) is 23.2. The molecule has 4 aliphatic carbocycles. The van der Waals surface area contributed by atoms with Crippen LogP contribution >= 0.6 is 0 Å². The lowest BCUT2D eigenvalue weighted by Gasteiger charge is -2.62. The van der Waals surface area contributed by atoms with E-state index in [1.807, 2.05) is 6.92 Å². The molecule has 4 heteroatoms. The van der Waals surface area contributed by atoms with E-state index in [4.69, 9.17) is 4.74 Å². The van der Waals surface area contributed by atoms with Gasteiger partial charge in [-0.05, 0) is 91.8 Å². The SMILES string of the molecule is CC[C@H](/C=C/[C@@H](C)[C@H]1CC[C@H]2[C@@H]3CC(=O)[C@@]4(F)C[C@@H](OC(C)=O)CC[C@]4(C)[C@H]3CC[C@]12C)C(C)C. The van der Waals surface area contributed by atoms with Crippen molar-refractivity contribution in [3.05, 3.63) is 12.2 Å². The molecule has 0 amide bonds. The average molecular weight is 489 g/mol. The molecule has 0 radical (unpaired) electrons. The molecule has 0 N–H and O–H groups in total. The lowest BCUT2D eigenvalue weighted by molar-refractivity contribution is -0.196. The second kappa shape index (κ2) is 9.60. The number of fused-ring (bicyclic) bond motifs is 5. The quantitative estimate of drug-likeness (QED) is 0.284. The van der Waals surface area contributed by atoms with Gasteiger partial charge in [-0.15, -0.1) is 0 Å². The molecule has 4 saturated carbocycles. The Labute approximate surface area is 213 Å². The Bertz CT molecular complexity index is 850. The van der Waals surface area contributed by atoms with Crippen molar-refractivity contribution in [2.45, 2.75) is 118 Å². The number of alkyl halides is 1. The molecule has 0 saturated heterocycles. The predicted octanol–water partition coefficient (Wildman–Crippen LogP) is 7.72. The van der Waals surface area contributed by atoms with E-state index >= 15 is 4.39 Å². The monoisotopic (exact) mass is 488 g/mol. The van der Waals surface area contributed by atoms with Gasteiger partial charge >= 0.3 is 5.97 Å². The van der Waals surface area contributed by atoms with E-state index in [0.717, 1.165) is 12.8 Å². The Morgan fingerprint density at radius 2 is 1.80 bits per heavy atom. The maximum atomic E-state index is 16.6. The molecule has 0 bridgehead atoms. The summed E-state index contributed by atoms with van der Waals surface area (Å²) in [7, 11) is 0. The highest BCUT2D eigenvalue weighted by Crippen LogP contribution is 2.69. The van der Waals surface area contributed by atoms with Crippen molar-refractivity contribution >= 4 is 11.8 Å². The second-order valence-corrected chi connectivity index (χ2v) is 13.5. The topological polar surface area (TPSA) is 43.4 Å². The number of ether oxygens (including phenoxy) is 1. The summed E-state index contributed by atoms with van der Waals surface area (Å²) in [5.74, 6) is 2.91. The van der Waals surface area contributed by atoms with Crippen molar-refractivity contribution in [1.29, 1.82) is 0 Å². The third-order valence-electron chi connectivity index (χ3n) is 11.5. The van der Waals surface area contributed by atoms with Crippen LogP contribution in [-0.2, 0) is 14.3 Å². The number of esters is 1. The number of rotatable bonds is 6. The van der Waals surface area contributed by atoms with Crippen molar-refractivity contribution in [3.8, 4) is 0 Å². The van der Waals surface area contributed by atoms with E-state index < -0.39 is 17.2 Å². The Morgan fingerprint density at radius 1 is 1.09 bits per heavy atom. The zero-order chi connectivity index (χ0) is 25.8. The molecule has 198 valence electrons. The first-order valence-electron chi connectivity index (χ1n) is 14.4. The minimum atomic E-state index is -1.86. The standard InChI is InChI=1S/C31H49FO3/c1-8-22(19(2)3)10-9-20(4)25-11-12-26-24-17-28(34)31(32)18-23(35-21(5)33)13-16-30(31,7)27(24)14-15-29(25,26)6/h9-10,19-20,22-27H,8,11-18H2,1-7H3/b10-9+/t20-,22-,23+,24+,25-,26+,27+,29-,30-,31+/m1/s1. The fraction of sp³-hybridized carbons (Fsp3) is 0.871. The lowest BCUT2D eigenvalue weighted by Crippen LogP contribution is -2.65. The van der Waals surface area contributed by atoms with Crippen LogP contribution in [0.15, 0.2) is 12.2 Å². The molecule has 0 unspecified atom stereocenters. The molecular weight excluding hydrogens is 439 g/mol. The van der Waals surface area contributed by atoms with E-state index in [-0.39, 0.29) is 29.5 Å². The fourth-order valence-corrected chi connectivity index (χ4v) is 9.48. The largest absolute Gasteiger partial charge is 0.462 e. The Morgan fingerprint density at radius 3 is 2.43 bits per heavy atom. The number of hydrogen-bond acceptors (Lipinski definition) is 3. The third-order valence-corrected chi connectivity index (χ3v) is 11.5. The highest BCUT2D eigenvalue weighted by atomic mass is 19.1. The van der Waals surface area contributed by atoms with Crippen molar-refractivity contribution in [3.63, 3.8) is 0 Å². The summed E-state index contributed by atoms with van der Waals surface area (Å²) in [6, 6.07) is 0. The van der Waals surface area contributed by atoms with Crippen molar-refractivity contribution < 1.29 is 18.7 Å². The Balaban J connectivity index is 1.54. The minimum Gasteiger partial charge on any atom is -0.462 e. The molecule has 0 aromatic carbocycles. The van der Waals surface area contributed by atoms with Crippen molar-refractivity contribution in [2.24, 2.45) is 52.3 Å². The van der Waals surface area contributed by atoms with E-state index in [1.165, 1.54) is 26.2 Å². The van der Waals surface area contributed by atoms with Crippen LogP contribution in [0, 0.1) is 52.3 Å². The number of allylic oxidation sites excluding steroid dienone is 2. The van der Waals surface area contributed by atoms with Gasteiger partial charge in [0.2, 0.25) is 0 Å². The van der Waals surface area contributed by atoms with Crippen LogP contribution in [0.4, 0.5) is 4.39 Å². The van der Waals surface area contributed by atoms with Crippen LogP contribution in [0.1, 0.15) is 106 Å². The van der Waals surface area contributed by atoms with E-state index in [0.29, 0.717) is 54.8 Å². The molecule has 4 aliphatic rings. The predicted molar refractivity (Wildman–Crippen MR) is 138 cm³/mol. The molecule has 0 aromatic heterocycles. The number of halogens is 1. The lowest BCUT2D eigenvalue weighted by atomic mass is 9.43. The normalized spacial score (nSPS) is 45.1. The second-order valence-electron chi connectivity index (χ2n) is 13.5. The van der Waals surface area contributed by atoms with Crippen LogP contribution in [0.3, 0.4) is 0 Å². The minimum absolute atomic E-state index is 0.0476. The van der Waals surface area contributed by atoms with Gasteiger partial charge in [-0.1, -0.05) is 53.7 Å². The van der Waals surface area contributed by atoms with E-state index in [9.17, 15) is 9.59 Å². The van der Waals surface area contributed by atoms with E-state index in [2.05, 4.69) is 46.8 Å². The Hall–Kier alpha value is -1.19. The zero-order valence-electron chi connectivity index (χ0n) is 23.2. The molecule has 0 aromatic rings. The molecule has 4 fully saturated rings. The molecule has 0 aliphatic heterocycles. The summed E-state index contributed by atoms with van der Waals surface area (Å²) in [5.41, 5.74) is -2.27. The van der Waals surface area contributed by atoms with Crippen molar-refractivity contribution in [1.82, 2.24) is 0 Å². The number of ketones is 1. The van der Waals surface area contributed by atoms with E-state index in [1.54, 1.807) is 0 Å². The number of carbonyl (C=O) groups excluding carboxylic acids is 2. The van der Waals surface area contributed by atoms with Gasteiger partial charge in [-0.25, -0.2) is 4.39 Å². The van der Waals surface area contributed by atoms with Crippen LogP contribution in [0.5, 0.6) is 0 Å². The van der Waals surface area contributed by atoms with Gasteiger partial charge in [-0.2, -0.15) is 0 Å². The number of hydrogen-bond donors (Lipinski definition) is 0. The highest BCUT2D eigenvalue weighted by Gasteiger charge is 2.69. The van der Waals surface area contributed by atoms with Crippen molar-refractivity contribution in [2.75, 3.05) is 0 Å². The molecular formula is C31H49FO3. The first-order chi connectivity index (χ1) is 16.4. The molecule has 0 heterocycles. The number of carbonyl (C=O) groups is 2. The first kappa shape index (κ1) is 26.9. The number of Topliss-reactive ketones (excluding diaryl/α,β-unsaturated/α-hetero) is 1.